The van der Waals surface area contributed by atoms with E-state index in [4.69, 9.17) is 4.74 Å². The van der Waals surface area contributed by atoms with E-state index >= 15 is 0 Å². The number of amides is 1. The maximum absolute atomic E-state index is 12.3. The smallest absolute Gasteiger partial charge is 0.251 e. The van der Waals surface area contributed by atoms with Crippen molar-refractivity contribution < 1.29 is 9.53 Å². The number of nitrogens with zero attached hydrogens (tertiary/aromatic N) is 1. The number of nitrogens with one attached hydrogen (secondary N) is 2. The zero-order chi connectivity index (χ0) is 16.4. The van der Waals surface area contributed by atoms with Gasteiger partial charge in [-0.05, 0) is 49.2 Å². The molecular weight excluding hydrogens is 290 g/mol. The van der Waals surface area contributed by atoms with Crippen LogP contribution in [0.5, 0.6) is 5.75 Å². The third-order valence-electron chi connectivity index (χ3n) is 4.02. The van der Waals surface area contributed by atoms with Crippen molar-refractivity contribution in [2.45, 2.75) is 20.4 Å². The van der Waals surface area contributed by atoms with E-state index in [1.54, 1.807) is 25.6 Å². The number of aromatic nitrogens is 2. The standard InChI is InChI=1S/C18H19N3O2/c1-11-6-14(17(23-3)7-12(11)2)9-19-18(22)13-4-5-15-16(8-13)21-10-20-15/h4-8,10H,9H2,1-3H3,(H,19,22)(H,20,21). The van der Waals surface area contributed by atoms with Crippen molar-refractivity contribution in [3.8, 4) is 5.75 Å². The molecule has 1 heterocycles. The van der Waals surface area contributed by atoms with E-state index in [2.05, 4.69) is 15.3 Å². The van der Waals surface area contributed by atoms with Gasteiger partial charge < -0.3 is 15.0 Å². The molecule has 0 aliphatic heterocycles. The molecule has 23 heavy (non-hydrogen) atoms. The number of benzene rings is 2. The predicted molar refractivity (Wildman–Crippen MR) is 89.7 cm³/mol. The average molecular weight is 309 g/mol. The number of aryl methyl sites for hydroxylation is 2. The Labute approximate surface area is 134 Å². The van der Waals surface area contributed by atoms with Crippen molar-refractivity contribution in [2.24, 2.45) is 0 Å². The van der Waals surface area contributed by atoms with Gasteiger partial charge in [0, 0.05) is 17.7 Å². The molecule has 0 aliphatic carbocycles. The van der Waals surface area contributed by atoms with Crippen LogP contribution in [0.15, 0.2) is 36.7 Å². The molecule has 2 aromatic carbocycles. The lowest BCUT2D eigenvalue weighted by molar-refractivity contribution is 0.0951. The van der Waals surface area contributed by atoms with Crippen LogP contribution in [0.2, 0.25) is 0 Å². The fourth-order valence-electron chi connectivity index (χ4n) is 2.53. The quantitative estimate of drug-likeness (QED) is 0.778. The van der Waals surface area contributed by atoms with Crippen molar-refractivity contribution in [3.63, 3.8) is 0 Å². The summed E-state index contributed by atoms with van der Waals surface area (Å²) in [5.74, 6) is 0.666. The van der Waals surface area contributed by atoms with Gasteiger partial charge in [-0.3, -0.25) is 4.79 Å². The van der Waals surface area contributed by atoms with Crippen LogP contribution in [-0.2, 0) is 6.54 Å². The van der Waals surface area contributed by atoms with Crippen LogP contribution in [0.3, 0.4) is 0 Å². The zero-order valence-electron chi connectivity index (χ0n) is 13.4. The third-order valence-corrected chi connectivity index (χ3v) is 4.02. The lowest BCUT2D eigenvalue weighted by Gasteiger charge is -2.12. The van der Waals surface area contributed by atoms with E-state index in [-0.39, 0.29) is 5.91 Å². The van der Waals surface area contributed by atoms with Crippen LogP contribution in [0.25, 0.3) is 11.0 Å². The van der Waals surface area contributed by atoms with Crippen molar-refractivity contribution in [1.82, 2.24) is 15.3 Å². The van der Waals surface area contributed by atoms with Crippen LogP contribution >= 0.6 is 0 Å². The number of imidazole rings is 1. The van der Waals surface area contributed by atoms with E-state index < -0.39 is 0 Å². The lowest BCUT2D eigenvalue weighted by atomic mass is 10.0. The van der Waals surface area contributed by atoms with Gasteiger partial charge in [-0.15, -0.1) is 0 Å². The third kappa shape index (κ3) is 3.04. The highest BCUT2D eigenvalue weighted by Crippen LogP contribution is 2.23. The molecule has 0 bridgehead atoms. The summed E-state index contributed by atoms with van der Waals surface area (Å²) in [7, 11) is 1.64. The molecule has 0 spiro atoms. The highest BCUT2D eigenvalue weighted by Gasteiger charge is 2.10. The molecule has 5 heteroatoms. The maximum atomic E-state index is 12.3. The van der Waals surface area contributed by atoms with Gasteiger partial charge in [0.1, 0.15) is 5.75 Å². The molecule has 1 aromatic heterocycles. The summed E-state index contributed by atoms with van der Waals surface area (Å²) in [5, 5.41) is 2.94. The highest BCUT2D eigenvalue weighted by atomic mass is 16.5. The first kappa shape index (κ1) is 15.1. The molecule has 0 radical (unpaired) electrons. The number of fused-ring (bicyclic) bond motifs is 1. The van der Waals surface area contributed by atoms with E-state index in [9.17, 15) is 4.79 Å². The second-order valence-electron chi connectivity index (χ2n) is 5.57. The number of rotatable bonds is 4. The van der Waals surface area contributed by atoms with Crippen LogP contribution in [0, 0.1) is 13.8 Å². The first-order valence-corrected chi connectivity index (χ1v) is 7.44. The minimum Gasteiger partial charge on any atom is -0.496 e. The largest absolute Gasteiger partial charge is 0.496 e. The number of hydrogen-bond acceptors (Lipinski definition) is 3. The van der Waals surface area contributed by atoms with Crippen LogP contribution in [0.1, 0.15) is 27.0 Å². The summed E-state index contributed by atoms with van der Waals surface area (Å²) < 4.78 is 5.40. The fourth-order valence-corrected chi connectivity index (χ4v) is 2.53. The number of ether oxygens (including phenoxy) is 1. The number of aromatic amines is 1. The minimum atomic E-state index is -0.123. The van der Waals surface area contributed by atoms with Crippen LogP contribution in [0.4, 0.5) is 0 Å². The topological polar surface area (TPSA) is 67.0 Å². The van der Waals surface area contributed by atoms with Gasteiger partial charge in [0.2, 0.25) is 0 Å². The van der Waals surface area contributed by atoms with Gasteiger partial charge in [0.25, 0.3) is 5.91 Å². The Bertz CT molecular complexity index is 868. The molecule has 0 fully saturated rings. The van der Waals surface area contributed by atoms with Crippen molar-refractivity contribution >= 4 is 16.9 Å². The molecule has 0 aliphatic rings. The summed E-state index contributed by atoms with van der Waals surface area (Å²) >= 11 is 0. The average Bonchev–Trinajstić information content (AvgIpc) is 3.02. The van der Waals surface area contributed by atoms with Gasteiger partial charge in [0.05, 0.1) is 24.5 Å². The fraction of sp³-hybridized carbons (Fsp3) is 0.222. The second-order valence-corrected chi connectivity index (χ2v) is 5.57. The molecule has 0 saturated carbocycles. The Morgan fingerprint density at radius 2 is 2.00 bits per heavy atom. The summed E-state index contributed by atoms with van der Waals surface area (Å²) in [6, 6.07) is 9.45. The first-order chi connectivity index (χ1) is 11.1. The molecule has 3 rings (SSSR count). The molecule has 3 aromatic rings. The second kappa shape index (κ2) is 6.12. The number of H-pyrrole nitrogens is 1. The van der Waals surface area contributed by atoms with Gasteiger partial charge in [0.15, 0.2) is 0 Å². The monoisotopic (exact) mass is 309 g/mol. The van der Waals surface area contributed by atoms with E-state index in [0.29, 0.717) is 12.1 Å². The summed E-state index contributed by atoms with van der Waals surface area (Å²) in [6.45, 7) is 4.51. The van der Waals surface area contributed by atoms with Crippen LogP contribution < -0.4 is 10.1 Å². The maximum Gasteiger partial charge on any atom is 0.251 e. The molecule has 0 atom stereocenters. The van der Waals surface area contributed by atoms with E-state index in [0.717, 1.165) is 22.3 Å². The van der Waals surface area contributed by atoms with Crippen LogP contribution in [-0.4, -0.2) is 23.0 Å². The Morgan fingerprint density at radius 1 is 1.22 bits per heavy atom. The van der Waals surface area contributed by atoms with Gasteiger partial charge in [-0.25, -0.2) is 4.98 Å². The van der Waals surface area contributed by atoms with Crippen molar-refractivity contribution in [1.29, 1.82) is 0 Å². The molecule has 1 amide bonds. The number of carbonyl (C=O) groups is 1. The number of methoxy groups -OCH3 is 1. The molecule has 118 valence electrons. The van der Waals surface area contributed by atoms with Crippen molar-refractivity contribution in [3.05, 3.63) is 58.9 Å². The van der Waals surface area contributed by atoms with Gasteiger partial charge in [-0.2, -0.15) is 0 Å². The lowest BCUT2D eigenvalue weighted by Crippen LogP contribution is -2.23. The van der Waals surface area contributed by atoms with Crippen molar-refractivity contribution in [2.75, 3.05) is 7.11 Å². The predicted octanol–water partition coefficient (Wildman–Crippen LogP) is 3.12. The Morgan fingerprint density at radius 3 is 2.78 bits per heavy atom. The zero-order valence-corrected chi connectivity index (χ0v) is 13.4. The molecule has 0 saturated heterocycles. The normalized spacial score (nSPS) is 10.7. The summed E-state index contributed by atoms with van der Waals surface area (Å²) in [6.07, 6.45) is 1.62. The minimum absolute atomic E-state index is 0.123. The first-order valence-electron chi connectivity index (χ1n) is 7.44. The van der Waals surface area contributed by atoms with Gasteiger partial charge >= 0.3 is 0 Å². The Hall–Kier alpha value is -2.82. The summed E-state index contributed by atoms with van der Waals surface area (Å²) in [5.41, 5.74) is 5.60. The number of carbonyl (C=O) groups excluding carboxylic acids is 1. The van der Waals surface area contributed by atoms with E-state index in [1.165, 1.54) is 11.1 Å². The van der Waals surface area contributed by atoms with E-state index in [1.807, 2.05) is 32.0 Å². The molecule has 5 nitrogen and oxygen atoms in total. The Balaban J connectivity index is 1.77. The summed E-state index contributed by atoms with van der Waals surface area (Å²) in [4.78, 5) is 19.5. The molecule has 0 unspecified atom stereocenters. The SMILES string of the molecule is COc1cc(C)c(C)cc1CNC(=O)c1ccc2nc[nH]c2c1. The molecular formula is C18H19N3O2. The highest BCUT2D eigenvalue weighted by molar-refractivity contribution is 5.97. The molecule has 2 N–H and O–H groups in total. The number of hydrogen-bond donors (Lipinski definition) is 2. The van der Waals surface area contributed by atoms with Gasteiger partial charge in [-0.1, -0.05) is 6.07 Å². The Kier molecular flexibility index (Phi) is 4.02.